The van der Waals surface area contributed by atoms with Crippen LogP contribution in [0.25, 0.3) is 0 Å². The van der Waals surface area contributed by atoms with E-state index in [2.05, 4.69) is 20.4 Å². The fourth-order valence-corrected chi connectivity index (χ4v) is 2.62. The lowest BCUT2D eigenvalue weighted by atomic mass is 10.3. The molecular formula is C10H19N5OS. The zero-order chi connectivity index (χ0) is 12.1. The van der Waals surface area contributed by atoms with Crippen molar-refractivity contribution in [2.75, 3.05) is 38.5 Å². The van der Waals surface area contributed by atoms with Crippen LogP contribution >= 0.6 is 11.8 Å². The lowest BCUT2D eigenvalue weighted by Gasteiger charge is -2.28. The van der Waals surface area contributed by atoms with E-state index in [9.17, 15) is 5.11 Å². The zero-order valence-corrected chi connectivity index (χ0v) is 10.9. The average Bonchev–Trinajstić information content (AvgIpc) is 2.74. The van der Waals surface area contributed by atoms with E-state index in [-0.39, 0.29) is 6.10 Å². The summed E-state index contributed by atoms with van der Waals surface area (Å²) in [6.45, 7) is 4.82. The van der Waals surface area contributed by atoms with Gasteiger partial charge in [-0.15, -0.1) is 10.2 Å². The fourth-order valence-electron chi connectivity index (χ4n) is 1.82. The van der Waals surface area contributed by atoms with Crippen LogP contribution in [0.2, 0.25) is 0 Å². The molecule has 0 saturated carbocycles. The zero-order valence-electron chi connectivity index (χ0n) is 10.0. The van der Waals surface area contributed by atoms with Crippen LogP contribution in [0.3, 0.4) is 0 Å². The highest BCUT2D eigenvalue weighted by molar-refractivity contribution is 7.99. The number of β-amino-alcohol motifs (C(OH)–C–C–N with tert-alkyl or cyclic N) is 1. The number of nitrogens with one attached hydrogen (secondary N) is 1. The summed E-state index contributed by atoms with van der Waals surface area (Å²) >= 11 is 1.55. The van der Waals surface area contributed by atoms with Crippen molar-refractivity contribution < 1.29 is 5.11 Å². The molecule has 1 aromatic heterocycles. The van der Waals surface area contributed by atoms with Crippen LogP contribution in [0.4, 0.5) is 0 Å². The summed E-state index contributed by atoms with van der Waals surface area (Å²) in [5.41, 5.74) is 0. The third-order valence-corrected chi connectivity index (χ3v) is 3.93. The largest absolute Gasteiger partial charge is 0.391 e. The first-order chi connectivity index (χ1) is 8.25. The van der Waals surface area contributed by atoms with Crippen molar-refractivity contribution in [3.8, 4) is 0 Å². The molecule has 17 heavy (non-hydrogen) atoms. The van der Waals surface area contributed by atoms with Crippen molar-refractivity contribution in [3.05, 3.63) is 6.33 Å². The minimum atomic E-state index is -0.310. The third-order valence-electron chi connectivity index (χ3n) is 2.75. The summed E-state index contributed by atoms with van der Waals surface area (Å²) in [6.07, 6.45) is 1.36. The van der Waals surface area contributed by atoms with Crippen molar-refractivity contribution in [2.24, 2.45) is 7.05 Å². The van der Waals surface area contributed by atoms with E-state index in [1.165, 1.54) is 0 Å². The topological polar surface area (TPSA) is 66.2 Å². The minimum absolute atomic E-state index is 0.310. The van der Waals surface area contributed by atoms with Gasteiger partial charge in [-0.25, -0.2) is 0 Å². The van der Waals surface area contributed by atoms with Crippen molar-refractivity contribution >= 4 is 11.8 Å². The highest BCUT2D eigenvalue weighted by atomic mass is 32.2. The van der Waals surface area contributed by atoms with Crippen molar-refractivity contribution in [1.29, 1.82) is 0 Å². The lowest BCUT2D eigenvalue weighted by Crippen LogP contribution is -2.46. The van der Waals surface area contributed by atoms with E-state index < -0.39 is 0 Å². The predicted molar refractivity (Wildman–Crippen MR) is 67.0 cm³/mol. The Morgan fingerprint density at radius 2 is 2.29 bits per heavy atom. The van der Waals surface area contributed by atoms with Crippen LogP contribution in [0.15, 0.2) is 11.5 Å². The van der Waals surface area contributed by atoms with E-state index >= 15 is 0 Å². The first-order valence-corrected chi connectivity index (χ1v) is 6.82. The van der Waals surface area contributed by atoms with E-state index in [1.54, 1.807) is 18.1 Å². The van der Waals surface area contributed by atoms with Gasteiger partial charge >= 0.3 is 0 Å². The Bertz CT molecular complexity index is 339. The standard InChI is InChI=1S/C10H19N5OS/c1-14-8-12-13-10(14)17-7-9(16)6-15-4-2-11-3-5-15/h8-9,11,16H,2-7H2,1H3. The van der Waals surface area contributed by atoms with Crippen LogP contribution in [-0.4, -0.2) is 69.4 Å². The molecule has 0 radical (unpaired) electrons. The molecule has 1 aliphatic heterocycles. The van der Waals surface area contributed by atoms with Crippen molar-refractivity contribution in [2.45, 2.75) is 11.3 Å². The molecule has 2 heterocycles. The maximum atomic E-state index is 9.95. The highest BCUT2D eigenvalue weighted by Crippen LogP contribution is 2.14. The Balaban J connectivity index is 1.70. The number of aliphatic hydroxyl groups is 1. The number of nitrogens with zero attached hydrogens (tertiary/aromatic N) is 4. The second-order valence-corrected chi connectivity index (χ2v) is 5.23. The summed E-state index contributed by atoms with van der Waals surface area (Å²) in [4.78, 5) is 2.29. The van der Waals surface area contributed by atoms with E-state index in [0.717, 1.165) is 37.9 Å². The first kappa shape index (κ1) is 12.8. The summed E-state index contributed by atoms with van der Waals surface area (Å²) in [5, 5.41) is 21.9. The van der Waals surface area contributed by atoms with Gasteiger partial charge in [-0.2, -0.15) is 0 Å². The van der Waals surface area contributed by atoms with Crippen LogP contribution in [-0.2, 0) is 7.05 Å². The number of thioether (sulfide) groups is 1. The van der Waals surface area contributed by atoms with Crippen molar-refractivity contribution in [3.63, 3.8) is 0 Å². The normalized spacial score (nSPS) is 19.4. The van der Waals surface area contributed by atoms with Crippen LogP contribution in [0.5, 0.6) is 0 Å². The number of hydrogen-bond donors (Lipinski definition) is 2. The minimum Gasteiger partial charge on any atom is -0.391 e. The number of aromatic nitrogens is 3. The van der Waals surface area contributed by atoms with Crippen LogP contribution < -0.4 is 5.32 Å². The number of hydrogen-bond acceptors (Lipinski definition) is 6. The number of aryl methyl sites for hydroxylation is 1. The summed E-state index contributed by atoms with van der Waals surface area (Å²) < 4.78 is 1.86. The van der Waals surface area contributed by atoms with Gasteiger partial charge in [-0.1, -0.05) is 11.8 Å². The molecule has 1 atom stereocenters. The fraction of sp³-hybridized carbons (Fsp3) is 0.800. The number of aliphatic hydroxyl groups excluding tert-OH is 1. The van der Waals surface area contributed by atoms with Gasteiger partial charge in [-0.05, 0) is 0 Å². The molecule has 0 aliphatic carbocycles. The Hall–Kier alpha value is -0.630. The molecule has 1 unspecified atom stereocenters. The molecule has 96 valence electrons. The van der Waals surface area contributed by atoms with E-state index in [4.69, 9.17) is 0 Å². The van der Waals surface area contributed by atoms with Gasteiger partial charge in [0, 0.05) is 45.5 Å². The second-order valence-electron chi connectivity index (χ2n) is 4.24. The molecule has 1 saturated heterocycles. The monoisotopic (exact) mass is 257 g/mol. The molecule has 7 heteroatoms. The SMILES string of the molecule is Cn1cnnc1SCC(O)CN1CCNCC1. The van der Waals surface area contributed by atoms with Gasteiger partial charge in [0.25, 0.3) is 0 Å². The molecule has 1 aliphatic rings. The summed E-state index contributed by atoms with van der Waals surface area (Å²) in [5.74, 6) is 0.663. The molecule has 2 rings (SSSR count). The maximum absolute atomic E-state index is 9.95. The Labute approximate surface area is 105 Å². The quantitative estimate of drug-likeness (QED) is 0.672. The van der Waals surface area contributed by atoms with E-state index in [1.807, 2.05) is 11.6 Å². The van der Waals surface area contributed by atoms with Crippen molar-refractivity contribution in [1.82, 2.24) is 25.0 Å². The number of rotatable bonds is 5. The van der Waals surface area contributed by atoms with Gasteiger partial charge in [0.1, 0.15) is 6.33 Å². The molecule has 0 aromatic carbocycles. The molecule has 2 N–H and O–H groups in total. The predicted octanol–water partition coefficient (Wildman–Crippen LogP) is -0.827. The van der Waals surface area contributed by atoms with E-state index in [0.29, 0.717) is 5.75 Å². The number of piperazine rings is 1. The molecule has 6 nitrogen and oxygen atoms in total. The average molecular weight is 257 g/mol. The molecule has 0 bridgehead atoms. The summed E-state index contributed by atoms with van der Waals surface area (Å²) in [6, 6.07) is 0. The lowest BCUT2D eigenvalue weighted by molar-refractivity contribution is 0.121. The Kier molecular flexibility index (Phi) is 4.78. The van der Waals surface area contributed by atoms with Gasteiger partial charge < -0.3 is 15.0 Å². The molecular weight excluding hydrogens is 238 g/mol. The van der Waals surface area contributed by atoms with Crippen LogP contribution in [0.1, 0.15) is 0 Å². The molecule has 0 spiro atoms. The van der Waals surface area contributed by atoms with Gasteiger partial charge in [-0.3, -0.25) is 4.90 Å². The Morgan fingerprint density at radius 3 is 2.94 bits per heavy atom. The second kappa shape index (κ2) is 6.34. The van der Waals surface area contributed by atoms with Crippen LogP contribution in [0, 0.1) is 0 Å². The first-order valence-electron chi connectivity index (χ1n) is 5.83. The molecule has 0 amide bonds. The smallest absolute Gasteiger partial charge is 0.190 e. The highest BCUT2D eigenvalue weighted by Gasteiger charge is 2.15. The van der Waals surface area contributed by atoms with Gasteiger partial charge in [0.05, 0.1) is 6.10 Å². The molecule has 1 aromatic rings. The maximum Gasteiger partial charge on any atom is 0.190 e. The molecule has 1 fully saturated rings. The van der Waals surface area contributed by atoms with Gasteiger partial charge in [0.15, 0.2) is 5.16 Å². The van der Waals surface area contributed by atoms with Gasteiger partial charge in [0.2, 0.25) is 0 Å². The Morgan fingerprint density at radius 1 is 1.53 bits per heavy atom. The third kappa shape index (κ3) is 3.95. The summed E-state index contributed by atoms with van der Waals surface area (Å²) in [7, 11) is 1.91.